The Morgan fingerprint density at radius 3 is 2.03 bits per heavy atom. The number of aryl methyl sites for hydroxylation is 2. The van der Waals surface area contributed by atoms with Crippen LogP contribution in [0.1, 0.15) is 17.8 Å². The van der Waals surface area contributed by atoms with Crippen molar-refractivity contribution in [2.75, 3.05) is 26.2 Å². The summed E-state index contributed by atoms with van der Waals surface area (Å²) in [6.07, 6.45) is -4.90. The first-order valence-electron chi connectivity index (χ1n) is 9.60. The second-order valence-corrected chi connectivity index (χ2v) is 11.1. The number of para-hydroxylation sites is 1. The van der Waals surface area contributed by atoms with Crippen LogP contribution in [0.25, 0.3) is 0 Å². The molecule has 0 aliphatic carbocycles. The summed E-state index contributed by atoms with van der Waals surface area (Å²) in [6, 6.07) is 4.47. The number of benzene rings is 1. The number of rotatable bonds is 5. The van der Waals surface area contributed by atoms with Crippen molar-refractivity contribution in [2.45, 2.75) is 36.4 Å². The summed E-state index contributed by atoms with van der Waals surface area (Å²) < 4.78 is 98.2. The number of hydrogen-bond donors (Lipinski definition) is 0. The van der Waals surface area contributed by atoms with Crippen LogP contribution in [0.4, 0.5) is 13.2 Å². The van der Waals surface area contributed by atoms with Gasteiger partial charge in [-0.25, -0.2) is 16.8 Å². The topological polar surface area (TPSA) is 102 Å². The molecule has 14 heteroatoms. The smallest absolute Gasteiger partial charge is 0.404 e. The minimum atomic E-state index is -5.06. The second-order valence-electron chi connectivity index (χ2n) is 7.28. The molecule has 9 nitrogen and oxygen atoms in total. The molecular weight excluding hydrogens is 473 g/mol. The molecule has 3 rings (SSSR count). The molecule has 1 aromatic carbocycles. The Labute approximate surface area is 184 Å². The largest absolute Gasteiger partial charge is 0.573 e. The molecule has 0 saturated carbocycles. The zero-order valence-corrected chi connectivity index (χ0v) is 19.3. The molecule has 1 aromatic heterocycles. The number of hydrogen-bond acceptors (Lipinski definition) is 6. The van der Waals surface area contributed by atoms with Crippen molar-refractivity contribution >= 4 is 20.0 Å². The molecule has 0 N–H and O–H groups in total. The third kappa shape index (κ3) is 4.77. The average molecular weight is 497 g/mol. The van der Waals surface area contributed by atoms with E-state index in [0.29, 0.717) is 11.4 Å². The van der Waals surface area contributed by atoms with Crippen LogP contribution >= 0.6 is 0 Å². The molecule has 0 spiro atoms. The summed E-state index contributed by atoms with van der Waals surface area (Å²) in [6.45, 7) is 2.82. The SMILES string of the molecule is Cc1nn(C)c(C)c1S(=O)(=O)N1CCCN(S(=O)(=O)c2ccccc2OC(F)(F)F)CC1. The van der Waals surface area contributed by atoms with E-state index in [-0.39, 0.29) is 37.5 Å². The fourth-order valence-corrected chi connectivity index (χ4v) is 7.07. The maximum atomic E-state index is 13.2. The maximum absolute atomic E-state index is 13.2. The van der Waals surface area contributed by atoms with E-state index in [1.165, 1.54) is 21.1 Å². The summed E-state index contributed by atoms with van der Waals surface area (Å²) in [5.41, 5.74) is 0.784. The standard InChI is InChI=1S/C18H23F3N4O5S2/c1-13-17(14(2)23(3)22-13)32(28,29)25-10-6-9-24(11-12-25)31(26,27)16-8-5-4-7-15(16)30-18(19,20)21/h4-5,7-8H,6,9-12H2,1-3H3. The van der Waals surface area contributed by atoms with E-state index in [1.807, 2.05) is 0 Å². The first-order valence-corrected chi connectivity index (χ1v) is 12.5. The highest BCUT2D eigenvalue weighted by Crippen LogP contribution is 2.32. The molecule has 1 saturated heterocycles. The molecule has 2 heterocycles. The van der Waals surface area contributed by atoms with E-state index in [4.69, 9.17) is 0 Å². The van der Waals surface area contributed by atoms with Gasteiger partial charge in [0, 0.05) is 33.2 Å². The molecule has 32 heavy (non-hydrogen) atoms. The number of halogens is 3. The zero-order valence-electron chi connectivity index (χ0n) is 17.6. The van der Waals surface area contributed by atoms with Crippen molar-refractivity contribution in [3.63, 3.8) is 0 Å². The zero-order chi connectivity index (χ0) is 23.9. The average Bonchev–Trinajstić information content (AvgIpc) is 2.86. The van der Waals surface area contributed by atoms with Crippen molar-refractivity contribution in [3.05, 3.63) is 35.7 Å². The Morgan fingerprint density at radius 1 is 0.938 bits per heavy atom. The Bertz CT molecular complexity index is 1210. The first kappa shape index (κ1) is 24.5. The quantitative estimate of drug-likeness (QED) is 0.628. The fraction of sp³-hybridized carbons (Fsp3) is 0.500. The molecule has 1 aliphatic heterocycles. The maximum Gasteiger partial charge on any atom is 0.573 e. The van der Waals surface area contributed by atoms with Crippen LogP contribution < -0.4 is 4.74 Å². The normalized spacial score (nSPS) is 17.3. The predicted molar refractivity (Wildman–Crippen MR) is 108 cm³/mol. The van der Waals surface area contributed by atoms with Crippen LogP contribution in [-0.4, -0.2) is 67.8 Å². The monoisotopic (exact) mass is 496 g/mol. The Morgan fingerprint density at radius 2 is 1.50 bits per heavy atom. The van der Waals surface area contributed by atoms with Crippen LogP contribution in [0.2, 0.25) is 0 Å². The van der Waals surface area contributed by atoms with Gasteiger partial charge in [-0.1, -0.05) is 12.1 Å². The van der Waals surface area contributed by atoms with Crippen LogP contribution in [0.15, 0.2) is 34.1 Å². The van der Waals surface area contributed by atoms with Crippen LogP contribution in [-0.2, 0) is 27.1 Å². The van der Waals surface area contributed by atoms with Gasteiger partial charge in [-0.15, -0.1) is 13.2 Å². The number of nitrogens with zero attached hydrogens (tertiary/aromatic N) is 4. The van der Waals surface area contributed by atoms with Crippen molar-refractivity contribution in [2.24, 2.45) is 7.05 Å². The van der Waals surface area contributed by atoms with Gasteiger partial charge in [-0.3, -0.25) is 4.68 Å². The fourth-order valence-electron chi connectivity index (χ4n) is 3.62. The molecule has 2 aromatic rings. The lowest BCUT2D eigenvalue weighted by Gasteiger charge is -2.23. The van der Waals surface area contributed by atoms with E-state index in [1.54, 1.807) is 20.9 Å². The summed E-state index contributed by atoms with van der Waals surface area (Å²) in [5.74, 6) is -0.838. The molecule has 1 aliphatic rings. The minimum absolute atomic E-state index is 0.0558. The van der Waals surface area contributed by atoms with Gasteiger partial charge in [0.1, 0.15) is 15.5 Å². The summed E-state index contributed by atoms with van der Waals surface area (Å²) in [7, 11) is -6.68. The molecule has 0 amide bonds. The van der Waals surface area contributed by atoms with Crippen LogP contribution in [0.3, 0.4) is 0 Å². The Balaban J connectivity index is 1.87. The van der Waals surface area contributed by atoms with E-state index in [2.05, 4.69) is 9.84 Å². The van der Waals surface area contributed by atoms with Crippen molar-refractivity contribution < 1.29 is 34.7 Å². The number of alkyl halides is 3. The predicted octanol–water partition coefficient (Wildman–Crippen LogP) is 2.02. The summed E-state index contributed by atoms with van der Waals surface area (Å²) in [4.78, 5) is -0.562. The highest BCUT2D eigenvalue weighted by molar-refractivity contribution is 7.89. The first-order chi connectivity index (χ1) is 14.7. The highest BCUT2D eigenvalue weighted by Gasteiger charge is 2.37. The van der Waals surface area contributed by atoms with Gasteiger partial charge in [-0.2, -0.15) is 13.7 Å². The number of ether oxygens (including phenoxy) is 1. The lowest BCUT2D eigenvalue weighted by atomic mass is 10.3. The van der Waals surface area contributed by atoms with E-state index < -0.39 is 37.1 Å². The minimum Gasteiger partial charge on any atom is -0.404 e. The Hall–Kier alpha value is -2.16. The molecule has 1 fully saturated rings. The summed E-state index contributed by atoms with van der Waals surface area (Å²) in [5, 5.41) is 4.13. The molecule has 0 unspecified atom stereocenters. The lowest BCUT2D eigenvalue weighted by molar-refractivity contribution is -0.275. The van der Waals surface area contributed by atoms with Gasteiger partial charge in [0.05, 0.1) is 11.4 Å². The van der Waals surface area contributed by atoms with Gasteiger partial charge in [-0.05, 0) is 32.4 Å². The number of aromatic nitrogens is 2. The third-order valence-corrected chi connectivity index (χ3v) is 9.24. The van der Waals surface area contributed by atoms with Gasteiger partial charge in [0.25, 0.3) is 0 Å². The lowest BCUT2D eigenvalue weighted by Crippen LogP contribution is -2.37. The molecule has 0 radical (unpaired) electrons. The molecule has 0 bridgehead atoms. The van der Waals surface area contributed by atoms with Crippen LogP contribution in [0.5, 0.6) is 5.75 Å². The number of sulfonamides is 2. The van der Waals surface area contributed by atoms with E-state index in [0.717, 1.165) is 16.4 Å². The van der Waals surface area contributed by atoms with Gasteiger partial charge >= 0.3 is 6.36 Å². The van der Waals surface area contributed by atoms with Gasteiger partial charge in [0.2, 0.25) is 20.0 Å². The van der Waals surface area contributed by atoms with Crippen molar-refractivity contribution in [1.29, 1.82) is 0 Å². The van der Waals surface area contributed by atoms with Gasteiger partial charge < -0.3 is 4.74 Å². The van der Waals surface area contributed by atoms with Crippen molar-refractivity contribution in [1.82, 2.24) is 18.4 Å². The second kappa shape index (κ2) is 8.65. The molecule has 178 valence electrons. The van der Waals surface area contributed by atoms with E-state index >= 15 is 0 Å². The van der Waals surface area contributed by atoms with E-state index in [9.17, 15) is 30.0 Å². The van der Waals surface area contributed by atoms with Gasteiger partial charge in [0.15, 0.2) is 0 Å². The third-order valence-electron chi connectivity index (χ3n) is 5.15. The van der Waals surface area contributed by atoms with Crippen molar-refractivity contribution in [3.8, 4) is 5.75 Å². The highest BCUT2D eigenvalue weighted by atomic mass is 32.2. The molecular formula is C18H23F3N4O5S2. The summed E-state index contributed by atoms with van der Waals surface area (Å²) >= 11 is 0. The Kier molecular flexibility index (Phi) is 6.62. The van der Waals surface area contributed by atoms with Crippen LogP contribution in [0, 0.1) is 13.8 Å². The molecule has 0 atom stereocenters.